The molecule has 2 amide bonds. The Balaban J connectivity index is 1.96. The van der Waals surface area contributed by atoms with Crippen LogP contribution in [0.3, 0.4) is 0 Å². The Morgan fingerprint density at radius 2 is 2.20 bits per heavy atom. The number of carbonyl (C=O) groups excluding carboxylic acids is 2. The molecule has 1 aliphatic rings. The Hall–Kier alpha value is -1.91. The molecule has 0 radical (unpaired) electrons. The summed E-state index contributed by atoms with van der Waals surface area (Å²) in [6.45, 7) is 0. The van der Waals surface area contributed by atoms with Gasteiger partial charge in [0.25, 0.3) is 0 Å². The van der Waals surface area contributed by atoms with Crippen LogP contribution in [-0.4, -0.2) is 22.8 Å². The van der Waals surface area contributed by atoms with E-state index in [2.05, 4.69) is 15.6 Å². The summed E-state index contributed by atoms with van der Waals surface area (Å²) in [6, 6.07) is 3.01. The van der Waals surface area contributed by atoms with Gasteiger partial charge in [-0.05, 0) is 18.6 Å². The molecule has 2 heterocycles. The molecular weight excluding hydrogens is 194 g/mol. The highest BCUT2D eigenvalue weighted by atomic mass is 16.2. The standard InChI is InChI=1S/C10H11N3O2/c14-9-2-1-8(13-9)10(15)12-7-3-5-11-6-4-7/h3-6,8H,1-2H2,(H,13,14)(H,11,12,15)/t8-/m0/s1. The molecule has 5 heteroatoms. The molecule has 1 aromatic rings. The number of hydrogen-bond acceptors (Lipinski definition) is 3. The van der Waals surface area contributed by atoms with Gasteiger partial charge in [0.05, 0.1) is 0 Å². The lowest BCUT2D eigenvalue weighted by molar-refractivity contribution is -0.122. The average Bonchev–Trinajstić information content (AvgIpc) is 2.66. The average molecular weight is 205 g/mol. The van der Waals surface area contributed by atoms with Gasteiger partial charge in [-0.25, -0.2) is 0 Å². The van der Waals surface area contributed by atoms with Crippen molar-refractivity contribution in [3.8, 4) is 0 Å². The first-order chi connectivity index (χ1) is 7.25. The predicted octanol–water partition coefficient (Wildman–Crippen LogP) is 0.299. The van der Waals surface area contributed by atoms with Crippen molar-refractivity contribution in [1.29, 1.82) is 0 Å². The minimum Gasteiger partial charge on any atom is -0.344 e. The molecule has 0 unspecified atom stereocenters. The Labute approximate surface area is 86.9 Å². The summed E-state index contributed by atoms with van der Waals surface area (Å²) in [7, 11) is 0. The van der Waals surface area contributed by atoms with Crippen LogP contribution >= 0.6 is 0 Å². The van der Waals surface area contributed by atoms with E-state index in [1.807, 2.05) is 0 Å². The highest BCUT2D eigenvalue weighted by molar-refractivity contribution is 5.98. The predicted molar refractivity (Wildman–Crippen MR) is 54.0 cm³/mol. The zero-order valence-corrected chi connectivity index (χ0v) is 8.06. The lowest BCUT2D eigenvalue weighted by Gasteiger charge is -2.10. The van der Waals surface area contributed by atoms with Crippen LogP contribution in [0.2, 0.25) is 0 Å². The smallest absolute Gasteiger partial charge is 0.246 e. The molecule has 5 nitrogen and oxygen atoms in total. The highest BCUT2D eigenvalue weighted by Crippen LogP contribution is 2.10. The Kier molecular flexibility index (Phi) is 2.62. The van der Waals surface area contributed by atoms with Crippen LogP contribution in [0.4, 0.5) is 5.69 Å². The van der Waals surface area contributed by atoms with Crippen molar-refractivity contribution in [2.75, 3.05) is 5.32 Å². The second-order valence-corrected chi connectivity index (χ2v) is 3.38. The van der Waals surface area contributed by atoms with Crippen molar-refractivity contribution in [2.24, 2.45) is 0 Å². The molecule has 78 valence electrons. The van der Waals surface area contributed by atoms with E-state index in [9.17, 15) is 9.59 Å². The third-order valence-corrected chi connectivity index (χ3v) is 2.26. The van der Waals surface area contributed by atoms with Gasteiger partial charge in [-0.15, -0.1) is 0 Å². The first-order valence-corrected chi connectivity index (χ1v) is 4.76. The molecule has 15 heavy (non-hydrogen) atoms. The number of hydrogen-bond donors (Lipinski definition) is 2. The topological polar surface area (TPSA) is 71.1 Å². The van der Waals surface area contributed by atoms with E-state index in [1.165, 1.54) is 0 Å². The fourth-order valence-corrected chi connectivity index (χ4v) is 1.48. The summed E-state index contributed by atoms with van der Waals surface area (Å²) in [5.41, 5.74) is 0.691. The molecule has 0 bridgehead atoms. The Morgan fingerprint density at radius 3 is 2.80 bits per heavy atom. The van der Waals surface area contributed by atoms with Crippen LogP contribution in [0.1, 0.15) is 12.8 Å². The van der Waals surface area contributed by atoms with Crippen LogP contribution in [0.15, 0.2) is 24.5 Å². The lowest BCUT2D eigenvalue weighted by atomic mass is 10.2. The number of anilines is 1. The maximum atomic E-state index is 11.6. The number of aromatic nitrogens is 1. The maximum absolute atomic E-state index is 11.6. The highest BCUT2D eigenvalue weighted by Gasteiger charge is 2.26. The van der Waals surface area contributed by atoms with E-state index in [1.54, 1.807) is 24.5 Å². The van der Waals surface area contributed by atoms with Crippen LogP contribution in [-0.2, 0) is 9.59 Å². The fourth-order valence-electron chi connectivity index (χ4n) is 1.48. The second kappa shape index (κ2) is 4.08. The molecular formula is C10H11N3O2. The quantitative estimate of drug-likeness (QED) is 0.729. The zero-order chi connectivity index (χ0) is 10.7. The van der Waals surface area contributed by atoms with Gasteiger partial charge < -0.3 is 10.6 Å². The molecule has 1 atom stereocenters. The van der Waals surface area contributed by atoms with E-state index in [-0.39, 0.29) is 11.8 Å². The second-order valence-electron chi connectivity index (χ2n) is 3.38. The Bertz CT molecular complexity index is 378. The fraction of sp³-hybridized carbons (Fsp3) is 0.300. The van der Waals surface area contributed by atoms with Crippen LogP contribution in [0, 0.1) is 0 Å². The van der Waals surface area contributed by atoms with E-state index >= 15 is 0 Å². The third-order valence-electron chi connectivity index (χ3n) is 2.26. The molecule has 0 spiro atoms. The number of amides is 2. The van der Waals surface area contributed by atoms with Gasteiger partial charge >= 0.3 is 0 Å². The number of pyridine rings is 1. The van der Waals surface area contributed by atoms with E-state index < -0.39 is 6.04 Å². The normalized spacial score (nSPS) is 19.7. The molecule has 1 saturated heterocycles. The molecule has 2 N–H and O–H groups in total. The minimum absolute atomic E-state index is 0.0649. The number of nitrogens with zero attached hydrogens (tertiary/aromatic N) is 1. The summed E-state index contributed by atoms with van der Waals surface area (Å²) < 4.78 is 0. The van der Waals surface area contributed by atoms with Crippen LogP contribution in [0.25, 0.3) is 0 Å². The molecule has 0 aliphatic carbocycles. The van der Waals surface area contributed by atoms with Gasteiger partial charge in [0, 0.05) is 24.5 Å². The summed E-state index contributed by atoms with van der Waals surface area (Å²) in [6.07, 6.45) is 4.19. The van der Waals surface area contributed by atoms with Crippen molar-refractivity contribution < 1.29 is 9.59 Å². The number of nitrogens with one attached hydrogen (secondary N) is 2. The van der Waals surface area contributed by atoms with E-state index in [0.717, 1.165) is 0 Å². The summed E-state index contributed by atoms with van der Waals surface area (Å²) >= 11 is 0. The molecule has 1 aliphatic heterocycles. The van der Waals surface area contributed by atoms with Gasteiger partial charge in [0.2, 0.25) is 11.8 Å². The van der Waals surface area contributed by atoms with Crippen molar-refractivity contribution in [3.05, 3.63) is 24.5 Å². The summed E-state index contributed by atoms with van der Waals surface area (Å²) in [4.78, 5) is 26.4. The van der Waals surface area contributed by atoms with Gasteiger partial charge in [0.15, 0.2) is 0 Å². The first-order valence-electron chi connectivity index (χ1n) is 4.76. The number of rotatable bonds is 2. The molecule has 1 aromatic heterocycles. The molecule has 0 saturated carbocycles. The van der Waals surface area contributed by atoms with Crippen molar-refractivity contribution in [2.45, 2.75) is 18.9 Å². The van der Waals surface area contributed by atoms with Gasteiger partial charge in [-0.1, -0.05) is 0 Å². The van der Waals surface area contributed by atoms with Crippen molar-refractivity contribution in [1.82, 2.24) is 10.3 Å². The van der Waals surface area contributed by atoms with Gasteiger partial charge in [-0.3, -0.25) is 14.6 Å². The minimum atomic E-state index is -0.398. The lowest BCUT2D eigenvalue weighted by Crippen LogP contribution is -2.37. The van der Waals surface area contributed by atoms with Crippen LogP contribution < -0.4 is 10.6 Å². The zero-order valence-electron chi connectivity index (χ0n) is 8.06. The van der Waals surface area contributed by atoms with Crippen molar-refractivity contribution >= 4 is 17.5 Å². The van der Waals surface area contributed by atoms with Gasteiger partial charge in [0.1, 0.15) is 6.04 Å². The SMILES string of the molecule is O=C1CC[C@@H](C(=O)Nc2ccncc2)N1. The monoisotopic (exact) mass is 205 g/mol. The Morgan fingerprint density at radius 1 is 1.47 bits per heavy atom. The number of carbonyl (C=O) groups is 2. The first kappa shape index (κ1) is 9.64. The van der Waals surface area contributed by atoms with E-state index in [0.29, 0.717) is 18.5 Å². The largest absolute Gasteiger partial charge is 0.344 e. The molecule has 1 fully saturated rings. The van der Waals surface area contributed by atoms with Crippen LogP contribution in [0.5, 0.6) is 0 Å². The summed E-state index contributed by atoms with van der Waals surface area (Å²) in [5.74, 6) is -0.239. The maximum Gasteiger partial charge on any atom is 0.246 e. The third kappa shape index (κ3) is 2.31. The summed E-state index contributed by atoms with van der Waals surface area (Å²) in [5, 5.41) is 5.32. The van der Waals surface area contributed by atoms with Gasteiger partial charge in [-0.2, -0.15) is 0 Å². The molecule has 0 aromatic carbocycles. The molecule has 2 rings (SSSR count). The van der Waals surface area contributed by atoms with Crippen molar-refractivity contribution in [3.63, 3.8) is 0 Å². The van der Waals surface area contributed by atoms with E-state index in [4.69, 9.17) is 0 Å².